The fraction of sp³-hybridized carbons (Fsp3) is 0.600. The first-order valence-electron chi connectivity index (χ1n) is 6.88. The maximum Gasteiger partial charge on any atom is 0.226 e. The van der Waals surface area contributed by atoms with Crippen LogP contribution in [0.1, 0.15) is 37.8 Å². The second kappa shape index (κ2) is 3.34. The predicted octanol–water partition coefficient (Wildman–Crippen LogP) is 2.28. The zero-order valence-electron chi connectivity index (χ0n) is 10.5. The number of hydrogen-bond donors (Lipinski definition) is 1. The Morgan fingerprint density at radius 1 is 1.33 bits per heavy atom. The summed E-state index contributed by atoms with van der Waals surface area (Å²) in [5.74, 6) is 1.11. The maximum atomic E-state index is 12.4. The van der Waals surface area contributed by atoms with Crippen LogP contribution in [0, 0.1) is 16.7 Å². The normalized spacial score (nSPS) is 39.4. The Hall–Kier alpha value is -1.38. The molecule has 5 aliphatic rings. The summed E-state index contributed by atoms with van der Waals surface area (Å²) in [6.07, 6.45) is 7.97. The number of hydrogen-bond acceptors (Lipinski definition) is 2. The molecule has 1 N–H and O–H groups in total. The standard InChI is InChI=1S/C15H18N2O/c18-13(17-8-12-3-1-2-4-16-12)15-7-11-5-14(6-11,9-15)10-15/h1-4,11H,5-10H2,(H,17,18). The van der Waals surface area contributed by atoms with Crippen LogP contribution in [-0.2, 0) is 11.3 Å². The Bertz CT molecular complexity index is 477. The fourth-order valence-electron chi connectivity index (χ4n) is 4.79. The van der Waals surface area contributed by atoms with Gasteiger partial charge in [0.05, 0.1) is 17.7 Å². The van der Waals surface area contributed by atoms with Gasteiger partial charge in [-0.3, -0.25) is 9.78 Å². The minimum absolute atomic E-state index is 0.00402. The van der Waals surface area contributed by atoms with Gasteiger partial charge in [0.2, 0.25) is 5.91 Å². The molecule has 3 bridgehead atoms. The number of rotatable bonds is 3. The molecule has 5 fully saturated rings. The number of carbonyl (C=O) groups excluding carboxylic acids is 1. The summed E-state index contributed by atoms with van der Waals surface area (Å²) >= 11 is 0. The van der Waals surface area contributed by atoms with Crippen molar-refractivity contribution in [1.29, 1.82) is 0 Å². The molecule has 1 amide bonds. The highest BCUT2D eigenvalue weighted by atomic mass is 16.2. The Balaban J connectivity index is 1.40. The summed E-state index contributed by atoms with van der Waals surface area (Å²) in [5.41, 5.74) is 1.53. The Morgan fingerprint density at radius 2 is 2.17 bits per heavy atom. The third-order valence-electron chi connectivity index (χ3n) is 5.19. The van der Waals surface area contributed by atoms with E-state index in [1.807, 2.05) is 18.2 Å². The van der Waals surface area contributed by atoms with Gasteiger partial charge in [0.15, 0.2) is 0 Å². The molecular weight excluding hydrogens is 224 g/mol. The van der Waals surface area contributed by atoms with E-state index in [-0.39, 0.29) is 11.3 Å². The molecule has 0 atom stereocenters. The van der Waals surface area contributed by atoms with Crippen LogP contribution in [0.5, 0.6) is 0 Å². The van der Waals surface area contributed by atoms with E-state index in [2.05, 4.69) is 10.3 Å². The van der Waals surface area contributed by atoms with Gasteiger partial charge in [-0.05, 0) is 55.6 Å². The summed E-state index contributed by atoms with van der Waals surface area (Å²) in [7, 11) is 0. The number of aromatic nitrogens is 1. The Morgan fingerprint density at radius 3 is 2.78 bits per heavy atom. The van der Waals surface area contributed by atoms with E-state index < -0.39 is 0 Å². The molecule has 6 rings (SSSR count). The van der Waals surface area contributed by atoms with Gasteiger partial charge in [-0.1, -0.05) is 6.07 Å². The maximum absolute atomic E-state index is 12.4. The highest BCUT2D eigenvalue weighted by Gasteiger charge is 2.68. The van der Waals surface area contributed by atoms with Crippen LogP contribution in [0.3, 0.4) is 0 Å². The molecule has 0 saturated heterocycles. The van der Waals surface area contributed by atoms with E-state index >= 15 is 0 Å². The van der Waals surface area contributed by atoms with Crippen molar-refractivity contribution in [3.05, 3.63) is 30.1 Å². The van der Waals surface area contributed by atoms with Gasteiger partial charge in [-0.2, -0.15) is 0 Å². The molecule has 5 aliphatic carbocycles. The SMILES string of the molecule is O=C(NCc1ccccn1)C12CC3CC(C3)(C1)C2. The van der Waals surface area contributed by atoms with Crippen molar-refractivity contribution in [1.82, 2.24) is 10.3 Å². The molecule has 0 unspecified atom stereocenters. The van der Waals surface area contributed by atoms with Crippen LogP contribution in [0.25, 0.3) is 0 Å². The summed E-state index contributed by atoms with van der Waals surface area (Å²) < 4.78 is 0. The van der Waals surface area contributed by atoms with Gasteiger partial charge in [-0.15, -0.1) is 0 Å². The van der Waals surface area contributed by atoms with E-state index in [4.69, 9.17) is 0 Å². The number of nitrogens with zero attached hydrogens (tertiary/aromatic N) is 1. The van der Waals surface area contributed by atoms with E-state index in [9.17, 15) is 4.79 Å². The zero-order chi connectivity index (χ0) is 12.2. The summed E-state index contributed by atoms with van der Waals surface area (Å²) in [4.78, 5) is 16.6. The molecule has 3 heteroatoms. The predicted molar refractivity (Wildman–Crippen MR) is 67.5 cm³/mol. The summed E-state index contributed by atoms with van der Waals surface area (Å²) in [5, 5.41) is 3.08. The monoisotopic (exact) mass is 242 g/mol. The van der Waals surface area contributed by atoms with Gasteiger partial charge in [0, 0.05) is 6.20 Å². The lowest BCUT2D eigenvalue weighted by molar-refractivity contribution is -0.210. The number of carbonyl (C=O) groups is 1. The van der Waals surface area contributed by atoms with Crippen molar-refractivity contribution in [2.75, 3.05) is 0 Å². The van der Waals surface area contributed by atoms with Crippen molar-refractivity contribution in [2.24, 2.45) is 16.7 Å². The summed E-state index contributed by atoms with van der Waals surface area (Å²) in [6, 6.07) is 5.81. The lowest BCUT2D eigenvalue weighted by Gasteiger charge is -2.70. The van der Waals surface area contributed by atoms with Crippen LogP contribution in [0.2, 0.25) is 0 Å². The first-order chi connectivity index (χ1) is 8.70. The number of amides is 1. The van der Waals surface area contributed by atoms with Crippen LogP contribution in [-0.4, -0.2) is 10.9 Å². The van der Waals surface area contributed by atoms with E-state index in [0.29, 0.717) is 12.0 Å². The molecule has 0 aromatic carbocycles. The van der Waals surface area contributed by atoms with Gasteiger partial charge in [0.1, 0.15) is 0 Å². The quantitative estimate of drug-likeness (QED) is 0.883. The molecule has 3 nitrogen and oxygen atoms in total. The fourth-order valence-corrected chi connectivity index (χ4v) is 4.79. The van der Waals surface area contributed by atoms with E-state index in [1.54, 1.807) is 6.20 Å². The highest BCUT2D eigenvalue weighted by molar-refractivity contribution is 5.84. The van der Waals surface area contributed by atoms with Crippen LogP contribution >= 0.6 is 0 Å². The van der Waals surface area contributed by atoms with Crippen LogP contribution in [0.15, 0.2) is 24.4 Å². The van der Waals surface area contributed by atoms with Gasteiger partial charge in [-0.25, -0.2) is 0 Å². The van der Waals surface area contributed by atoms with Crippen molar-refractivity contribution >= 4 is 5.91 Å². The van der Waals surface area contributed by atoms with Crippen molar-refractivity contribution < 1.29 is 4.79 Å². The number of nitrogens with one attached hydrogen (secondary N) is 1. The molecule has 1 aromatic rings. The summed E-state index contributed by atoms with van der Waals surface area (Å²) in [6.45, 7) is 0.569. The molecule has 94 valence electrons. The smallest absolute Gasteiger partial charge is 0.226 e. The molecule has 1 aromatic heterocycles. The van der Waals surface area contributed by atoms with Crippen molar-refractivity contribution in [3.8, 4) is 0 Å². The first-order valence-corrected chi connectivity index (χ1v) is 6.88. The Kier molecular flexibility index (Phi) is 1.95. The van der Waals surface area contributed by atoms with Gasteiger partial charge >= 0.3 is 0 Å². The average Bonchev–Trinajstić information content (AvgIpc) is 2.35. The third-order valence-corrected chi connectivity index (χ3v) is 5.19. The van der Waals surface area contributed by atoms with Gasteiger partial charge in [0.25, 0.3) is 0 Å². The molecular formula is C15H18N2O. The zero-order valence-corrected chi connectivity index (χ0v) is 10.5. The Labute approximate surface area is 107 Å². The largest absolute Gasteiger partial charge is 0.350 e. The first kappa shape index (κ1) is 10.5. The van der Waals surface area contributed by atoms with Crippen molar-refractivity contribution in [3.63, 3.8) is 0 Å². The molecule has 1 heterocycles. The van der Waals surface area contributed by atoms with Crippen molar-refractivity contribution in [2.45, 2.75) is 38.6 Å². The number of pyridine rings is 1. The average molecular weight is 242 g/mol. The molecule has 5 saturated carbocycles. The second-order valence-corrected chi connectivity index (χ2v) is 6.62. The van der Waals surface area contributed by atoms with Crippen LogP contribution in [0.4, 0.5) is 0 Å². The van der Waals surface area contributed by atoms with E-state index in [1.165, 1.54) is 12.8 Å². The minimum Gasteiger partial charge on any atom is -0.350 e. The highest BCUT2D eigenvalue weighted by Crippen LogP contribution is 2.75. The topological polar surface area (TPSA) is 42.0 Å². The molecule has 1 spiro atoms. The third kappa shape index (κ3) is 1.36. The van der Waals surface area contributed by atoms with E-state index in [0.717, 1.165) is 30.9 Å². The molecule has 18 heavy (non-hydrogen) atoms. The lowest BCUT2D eigenvalue weighted by atomic mass is 9.34. The second-order valence-electron chi connectivity index (χ2n) is 6.62. The lowest BCUT2D eigenvalue weighted by Crippen LogP contribution is -2.66. The molecule has 0 radical (unpaired) electrons. The minimum atomic E-state index is -0.00402. The molecule has 0 aliphatic heterocycles. The van der Waals surface area contributed by atoms with Gasteiger partial charge < -0.3 is 5.32 Å². The van der Waals surface area contributed by atoms with Crippen LogP contribution < -0.4 is 5.32 Å².